The van der Waals surface area contributed by atoms with Gasteiger partial charge in [-0.15, -0.1) is 23.1 Å². The smallest absolute Gasteiger partial charge is 0.234 e. The van der Waals surface area contributed by atoms with Crippen LogP contribution >= 0.6 is 23.1 Å². The van der Waals surface area contributed by atoms with Gasteiger partial charge in [0, 0.05) is 16.3 Å². The van der Waals surface area contributed by atoms with Crippen molar-refractivity contribution in [3.63, 3.8) is 0 Å². The molecule has 0 aliphatic heterocycles. The summed E-state index contributed by atoms with van der Waals surface area (Å²) < 4.78 is 0. The predicted molar refractivity (Wildman–Crippen MR) is 101 cm³/mol. The summed E-state index contributed by atoms with van der Waals surface area (Å²) in [6, 6.07) is 22.3. The van der Waals surface area contributed by atoms with Crippen LogP contribution in [0.1, 0.15) is 4.88 Å². The van der Waals surface area contributed by atoms with Crippen LogP contribution in [-0.2, 0) is 10.5 Å². The molecule has 0 fully saturated rings. The van der Waals surface area contributed by atoms with Gasteiger partial charge in [0.05, 0.1) is 5.75 Å². The summed E-state index contributed by atoms with van der Waals surface area (Å²) in [4.78, 5) is 13.3. The molecule has 0 radical (unpaired) electrons. The third-order valence-electron chi connectivity index (χ3n) is 3.33. The summed E-state index contributed by atoms with van der Waals surface area (Å²) in [5.41, 5.74) is 3.17. The van der Waals surface area contributed by atoms with Crippen LogP contribution in [0.2, 0.25) is 0 Å². The number of nitrogens with one attached hydrogen (secondary N) is 1. The zero-order valence-electron chi connectivity index (χ0n) is 12.6. The largest absolute Gasteiger partial charge is 0.325 e. The molecule has 4 heteroatoms. The van der Waals surface area contributed by atoms with E-state index in [0.717, 1.165) is 17.0 Å². The molecule has 0 atom stereocenters. The van der Waals surface area contributed by atoms with Crippen molar-refractivity contribution in [1.82, 2.24) is 0 Å². The molecule has 1 aromatic heterocycles. The summed E-state index contributed by atoms with van der Waals surface area (Å²) in [6.07, 6.45) is 0. The molecule has 1 amide bonds. The van der Waals surface area contributed by atoms with Crippen LogP contribution in [0.15, 0.2) is 72.1 Å². The van der Waals surface area contributed by atoms with E-state index in [2.05, 4.69) is 28.9 Å². The fraction of sp³-hybridized carbons (Fsp3) is 0.105. The van der Waals surface area contributed by atoms with Crippen molar-refractivity contribution in [2.24, 2.45) is 0 Å². The lowest BCUT2D eigenvalue weighted by Crippen LogP contribution is -2.13. The van der Waals surface area contributed by atoms with Gasteiger partial charge in [0.1, 0.15) is 0 Å². The molecule has 0 bridgehead atoms. The molecule has 3 aromatic rings. The number of benzene rings is 2. The minimum absolute atomic E-state index is 0.0408. The second-order valence-corrected chi connectivity index (χ2v) is 7.08. The number of carbonyl (C=O) groups is 1. The van der Waals surface area contributed by atoms with Gasteiger partial charge in [-0.1, -0.05) is 48.5 Å². The maximum Gasteiger partial charge on any atom is 0.234 e. The molecule has 0 spiro atoms. The maximum absolute atomic E-state index is 12.0. The van der Waals surface area contributed by atoms with Crippen LogP contribution in [0.3, 0.4) is 0 Å². The molecule has 116 valence electrons. The zero-order chi connectivity index (χ0) is 15.9. The second-order valence-electron chi connectivity index (χ2n) is 5.06. The molecule has 23 heavy (non-hydrogen) atoms. The number of thiophene rings is 1. The molecule has 0 unspecified atom stereocenters. The van der Waals surface area contributed by atoms with Gasteiger partial charge in [-0.2, -0.15) is 0 Å². The second kappa shape index (κ2) is 7.99. The quantitative estimate of drug-likeness (QED) is 0.661. The number of carbonyl (C=O) groups excluding carboxylic acids is 1. The standard InChI is InChI=1S/C19H17NOS2/c21-19(14-22-13-18-7-4-12-23-18)20-17-10-8-16(9-11-17)15-5-2-1-3-6-15/h1-12H,13-14H2,(H,20,21). The Morgan fingerprint density at radius 3 is 2.35 bits per heavy atom. The molecule has 1 heterocycles. The maximum atomic E-state index is 12.0. The normalized spacial score (nSPS) is 10.4. The summed E-state index contributed by atoms with van der Waals surface area (Å²) >= 11 is 3.36. The first kappa shape index (κ1) is 15.8. The van der Waals surface area contributed by atoms with Crippen molar-refractivity contribution in [1.29, 1.82) is 0 Å². The topological polar surface area (TPSA) is 29.1 Å². The Morgan fingerprint density at radius 1 is 0.913 bits per heavy atom. The lowest BCUT2D eigenvalue weighted by Gasteiger charge is -2.07. The van der Waals surface area contributed by atoms with Crippen LogP contribution < -0.4 is 5.32 Å². The highest BCUT2D eigenvalue weighted by atomic mass is 32.2. The van der Waals surface area contributed by atoms with Crippen LogP contribution in [0.25, 0.3) is 11.1 Å². The van der Waals surface area contributed by atoms with Gasteiger partial charge < -0.3 is 5.32 Å². The summed E-state index contributed by atoms with van der Waals surface area (Å²) in [6.45, 7) is 0. The molecule has 0 saturated heterocycles. The van der Waals surface area contributed by atoms with Gasteiger partial charge in [-0.05, 0) is 34.7 Å². The van der Waals surface area contributed by atoms with Gasteiger partial charge in [0.25, 0.3) is 0 Å². The Morgan fingerprint density at radius 2 is 1.65 bits per heavy atom. The molecule has 2 nitrogen and oxygen atoms in total. The van der Waals surface area contributed by atoms with E-state index in [1.807, 2.05) is 48.5 Å². The van der Waals surface area contributed by atoms with Gasteiger partial charge in [0.2, 0.25) is 5.91 Å². The van der Waals surface area contributed by atoms with Crippen molar-refractivity contribution in [3.8, 4) is 11.1 Å². The molecule has 2 aromatic carbocycles. The zero-order valence-corrected chi connectivity index (χ0v) is 14.2. The molecule has 0 aliphatic carbocycles. The fourth-order valence-corrected chi connectivity index (χ4v) is 3.88. The number of anilines is 1. The highest BCUT2D eigenvalue weighted by Gasteiger charge is 2.04. The van der Waals surface area contributed by atoms with Crippen LogP contribution in [-0.4, -0.2) is 11.7 Å². The molecule has 3 rings (SSSR count). The first-order valence-corrected chi connectivity index (χ1v) is 9.40. The average Bonchev–Trinajstić information content (AvgIpc) is 3.10. The van der Waals surface area contributed by atoms with Crippen molar-refractivity contribution in [2.45, 2.75) is 5.75 Å². The summed E-state index contributed by atoms with van der Waals surface area (Å²) in [7, 11) is 0. The Hall–Kier alpha value is -2.04. The summed E-state index contributed by atoms with van der Waals surface area (Å²) in [5.74, 6) is 1.40. The van der Waals surface area contributed by atoms with Crippen molar-refractivity contribution < 1.29 is 4.79 Å². The number of hydrogen-bond donors (Lipinski definition) is 1. The van der Waals surface area contributed by atoms with Crippen molar-refractivity contribution in [2.75, 3.05) is 11.1 Å². The molecule has 0 saturated carbocycles. The third kappa shape index (κ3) is 4.71. The molecular formula is C19H17NOS2. The Labute approximate surface area is 144 Å². The van der Waals surface area contributed by atoms with Crippen molar-refractivity contribution in [3.05, 3.63) is 77.0 Å². The lowest BCUT2D eigenvalue weighted by atomic mass is 10.1. The SMILES string of the molecule is O=C(CSCc1cccs1)Nc1ccc(-c2ccccc2)cc1. The van der Waals surface area contributed by atoms with Gasteiger partial charge in [0.15, 0.2) is 0 Å². The van der Waals surface area contributed by atoms with Gasteiger partial charge in [-0.25, -0.2) is 0 Å². The Bertz CT molecular complexity index is 737. The highest BCUT2D eigenvalue weighted by Crippen LogP contribution is 2.21. The molecule has 1 N–H and O–H groups in total. The van der Waals surface area contributed by atoms with E-state index >= 15 is 0 Å². The number of rotatable bonds is 6. The van der Waals surface area contributed by atoms with Crippen LogP contribution in [0, 0.1) is 0 Å². The van der Waals surface area contributed by atoms with Crippen LogP contribution in [0.4, 0.5) is 5.69 Å². The average molecular weight is 339 g/mol. The van der Waals surface area contributed by atoms with E-state index in [0.29, 0.717) is 5.75 Å². The van der Waals surface area contributed by atoms with E-state index in [9.17, 15) is 4.79 Å². The van der Waals surface area contributed by atoms with Crippen LogP contribution in [0.5, 0.6) is 0 Å². The first-order valence-electron chi connectivity index (χ1n) is 7.37. The Balaban J connectivity index is 1.50. The number of thioether (sulfide) groups is 1. The lowest BCUT2D eigenvalue weighted by molar-refractivity contribution is -0.113. The summed E-state index contributed by atoms with van der Waals surface area (Å²) in [5, 5.41) is 5.00. The highest BCUT2D eigenvalue weighted by molar-refractivity contribution is 7.99. The first-order chi connectivity index (χ1) is 11.3. The Kier molecular flexibility index (Phi) is 5.51. The monoisotopic (exact) mass is 339 g/mol. The van der Waals surface area contributed by atoms with E-state index in [4.69, 9.17) is 0 Å². The van der Waals surface area contributed by atoms with Gasteiger partial charge >= 0.3 is 0 Å². The number of hydrogen-bond acceptors (Lipinski definition) is 3. The number of amides is 1. The van der Waals surface area contributed by atoms with E-state index in [1.54, 1.807) is 23.1 Å². The van der Waals surface area contributed by atoms with Crippen molar-refractivity contribution >= 4 is 34.7 Å². The fourth-order valence-electron chi connectivity index (χ4n) is 2.21. The van der Waals surface area contributed by atoms with E-state index in [1.165, 1.54) is 10.4 Å². The minimum Gasteiger partial charge on any atom is -0.325 e. The van der Waals surface area contributed by atoms with Gasteiger partial charge in [-0.3, -0.25) is 4.79 Å². The molecular weight excluding hydrogens is 322 g/mol. The third-order valence-corrected chi connectivity index (χ3v) is 5.37. The van der Waals surface area contributed by atoms with E-state index < -0.39 is 0 Å². The molecule has 0 aliphatic rings. The predicted octanol–water partition coefficient (Wildman–Crippen LogP) is 5.29. The minimum atomic E-state index is 0.0408. The van der Waals surface area contributed by atoms with E-state index in [-0.39, 0.29) is 5.91 Å².